The molecule has 0 unspecified atom stereocenters. The number of rotatable bonds is 3. The molecule has 2 aliphatic rings. The van der Waals surface area contributed by atoms with Crippen molar-refractivity contribution in [3.8, 4) is 0 Å². The van der Waals surface area contributed by atoms with Gasteiger partial charge in [-0.2, -0.15) is 0 Å². The van der Waals surface area contributed by atoms with Crippen LogP contribution in [0.4, 0.5) is 4.39 Å². The van der Waals surface area contributed by atoms with Crippen LogP contribution in [-0.4, -0.2) is 40.7 Å². The number of carbonyl (C=O) groups is 4. The van der Waals surface area contributed by atoms with Gasteiger partial charge in [-0.05, 0) is 29.8 Å². The zero-order chi connectivity index (χ0) is 20.0. The number of benzene rings is 2. The van der Waals surface area contributed by atoms with Gasteiger partial charge in [-0.25, -0.2) is 9.18 Å². The molecule has 2 aromatic carbocycles. The van der Waals surface area contributed by atoms with Gasteiger partial charge in [-0.3, -0.25) is 14.4 Å². The number of imide groups is 1. The zero-order valence-electron chi connectivity index (χ0n) is 14.8. The topological polar surface area (TPSA) is 84.0 Å². The Morgan fingerprint density at radius 3 is 2.29 bits per heavy atom. The first-order valence-corrected chi connectivity index (χ1v) is 8.59. The molecule has 2 aromatic rings. The molecule has 142 valence electrons. The standard InChI is InChI=1S/C20H15FN2O5/c1-22-16(24)10-15(17(22)11-5-4-6-12(21)9-11)20(27)28-23-18(25)13-7-2-3-8-14(13)19(23)26/h2-9,15,17H,10H2,1H3/t15-,17+/m0/s1. The van der Waals surface area contributed by atoms with Crippen LogP contribution in [0.3, 0.4) is 0 Å². The van der Waals surface area contributed by atoms with E-state index in [0.29, 0.717) is 10.6 Å². The van der Waals surface area contributed by atoms with E-state index in [0.717, 1.165) is 0 Å². The average Bonchev–Trinajstić information content (AvgIpc) is 3.11. The number of nitrogens with zero attached hydrogens (tertiary/aromatic N) is 2. The number of hydrogen-bond acceptors (Lipinski definition) is 5. The van der Waals surface area contributed by atoms with E-state index in [4.69, 9.17) is 4.84 Å². The summed E-state index contributed by atoms with van der Waals surface area (Å²) in [5, 5.41) is 0.415. The molecule has 0 N–H and O–H groups in total. The maximum Gasteiger partial charge on any atom is 0.339 e. The molecule has 28 heavy (non-hydrogen) atoms. The third kappa shape index (κ3) is 2.74. The smallest absolute Gasteiger partial charge is 0.338 e. The summed E-state index contributed by atoms with van der Waals surface area (Å²) >= 11 is 0. The second-order valence-corrected chi connectivity index (χ2v) is 6.68. The first kappa shape index (κ1) is 17.8. The number of likely N-dealkylation sites (tertiary alicyclic amines) is 1. The lowest BCUT2D eigenvalue weighted by Gasteiger charge is -2.25. The summed E-state index contributed by atoms with van der Waals surface area (Å²) in [5.74, 6) is -4.19. The number of halogens is 1. The molecule has 2 heterocycles. The van der Waals surface area contributed by atoms with Crippen LogP contribution in [0.5, 0.6) is 0 Å². The van der Waals surface area contributed by atoms with Crippen molar-refractivity contribution in [3.05, 3.63) is 71.0 Å². The maximum atomic E-state index is 13.6. The summed E-state index contributed by atoms with van der Waals surface area (Å²) in [5.41, 5.74) is 0.709. The summed E-state index contributed by atoms with van der Waals surface area (Å²) in [6.45, 7) is 0. The van der Waals surface area contributed by atoms with Crippen molar-refractivity contribution >= 4 is 23.7 Å². The Balaban J connectivity index is 1.60. The minimum Gasteiger partial charge on any atom is -0.338 e. The van der Waals surface area contributed by atoms with Crippen LogP contribution in [0.2, 0.25) is 0 Å². The van der Waals surface area contributed by atoms with Crippen molar-refractivity contribution in [1.29, 1.82) is 0 Å². The molecule has 0 aromatic heterocycles. The van der Waals surface area contributed by atoms with E-state index in [9.17, 15) is 23.6 Å². The van der Waals surface area contributed by atoms with Crippen LogP contribution in [0.25, 0.3) is 0 Å². The van der Waals surface area contributed by atoms with E-state index >= 15 is 0 Å². The van der Waals surface area contributed by atoms with E-state index in [1.807, 2.05) is 0 Å². The third-order valence-corrected chi connectivity index (χ3v) is 5.02. The molecular formula is C20H15FN2O5. The fourth-order valence-corrected chi connectivity index (χ4v) is 3.64. The van der Waals surface area contributed by atoms with E-state index in [1.54, 1.807) is 18.2 Å². The van der Waals surface area contributed by atoms with Gasteiger partial charge in [0.25, 0.3) is 11.8 Å². The Morgan fingerprint density at radius 2 is 1.68 bits per heavy atom. The predicted molar refractivity (Wildman–Crippen MR) is 93.1 cm³/mol. The lowest BCUT2D eigenvalue weighted by Crippen LogP contribution is -2.36. The molecular weight excluding hydrogens is 367 g/mol. The van der Waals surface area contributed by atoms with E-state index < -0.39 is 35.6 Å². The van der Waals surface area contributed by atoms with E-state index in [2.05, 4.69) is 0 Å². The number of amides is 3. The van der Waals surface area contributed by atoms with Crippen LogP contribution in [0, 0.1) is 11.7 Å². The number of fused-ring (bicyclic) bond motifs is 1. The van der Waals surface area contributed by atoms with Gasteiger partial charge < -0.3 is 9.74 Å². The van der Waals surface area contributed by atoms with Gasteiger partial charge in [-0.15, -0.1) is 0 Å². The Kier molecular flexibility index (Phi) is 4.18. The van der Waals surface area contributed by atoms with Crippen molar-refractivity contribution in [2.24, 2.45) is 5.92 Å². The molecule has 4 rings (SSSR count). The summed E-state index contributed by atoms with van der Waals surface area (Å²) in [4.78, 5) is 56.1. The van der Waals surface area contributed by atoms with Crippen molar-refractivity contribution in [2.75, 3.05) is 7.05 Å². The molecule has 7 nitrogen and oxygen atoms in total. The Morgan fingerprint density at radius 1 is 1.04 bits per heavy atom. The number of carbonyl (C=O) groups excluding carboxylic acids is 4. The highest BCUT2D eigenvalue weighted by Crippen LogP contribution is 2.38. The van der Waals surface area contributed by atoms with Gasteiger partial charge in [-0.1, -0.05) is 29.3 Å². The zero-order valence-corrected chi connectivity index (χ0v) is 14.8. The fourth-order valence-electron chi connectivity index (χ4n) is 3.64. The number of hydrogen-bond donors (Lipinski definition) is 0. The summed E-state index contributed by atoms with van der Waals surface area (Å²) in [6.07, 6.45) is -0.167. The third-order valence-electron chi connectivity index (χ3n) is 5.02. The molecule has 8 heteroatoms. The maximum absolute atomic E-state index is 13.6. The summed E-state index contributed by atoms with van der Waals surface area (Å²) in [7, 11) is 1.51. The average molecular weight is 382 g/mol. The van der Waals surface area contributed by atoms with Gasteiger partial charge >= 0.3 is 5.97 Å². The monoisotopic (exact) mass is 382 g/mol. The van der Waals surface area contributed by atoms with Crippen LogP contribution < -0.4 is 0 Å². The Labute approximate surface area is 159 Å². The van der Waals surface area contributed by atoms with Crippen molar-refractivity contribution in [2.45, 2.75) is 12.5 Å². The van der Waals surface area contributed by atoms with Crippen LogP contribution in [-0.2, 0) is 14.4 Å². The second-order valence-electron chi connectivity index (χ2n) is 6.68. The molecule has 0 saturated carbocycles. The van der Waals surface area contributed by atoms with Crippen molar-refractivity contribution in [1.82, 2.24) is 9.96 Å². The lowest BCUT2D eigenvalue weighted by molar-refractivity contribution is -0.174. The quantitative estimate of drug-likeness (QED) is 0.759. The molecule has 0 aliphatic carbocycles. The van der Waals surface area contributed by atoms with Gasteiger partial charge in [0.2, 0.25) is 5.91 Å². The minimum atomic E-state index is -0.983. The van der Waals surface area contributed by atoms with Crippen molar-refractivity contribution < 1.29 is 28.4 Å². The first-order chi connectivity index (χ1) is 13.4. The molecule has 0 bridgehead atoms. The Hall–Kier alpha value is -3.55. The van der Waals surface area contributed by atoms with Gasteiger partial charge in [0.05, 0.1) is 23.1 Å². The second kappa shape index (κ2) is 6.56. The number of hydroxylamine groups is 2. The molecule has 2 atom stereocenters. The first-order valence-electron chi connectivity index (χ1n) is 8.59. The van der Waals surface area contributed by atoms with Gasteiger partial charge in [0, 0.05) is 13.5 Å². The van der Waals surface area contributed by atoms with E-state index in [1.165, 1.54) is 42.3 Å². The van der Waals surface area contributed by atoms with Gasteiger partial charge in [0.1, 0.15) is 5.82 Å². The SMILES string of the molecule is CN1C(=O)C[C@H](C(=O)ON2C(=O)c3ccccc3C2=O)[C@H]1c1cccc(F)c1. The minimum absolute atomic E-state index is 0.140. The highest BCUT2D eigenvalue weighted by Gasteiger charge is 2.47. The summed E-state index contributed by atoms with van der Waals surface area (Å²) < 4.78 is 13.6. The van der Waals surface area contributed by atoms with Crippen LogP contribution in [0.15, 0.2) is 48.5 Å². The molecule has 1 saturated heterocycles. The van der Waals surface area contributed by atoms with Crippen molar-refractivity contribution in [3.63, 3.8) is 0 Å². The van der Waals surface area contributed by atoms with E-state index in [-0.39, 0.29) is 23.5 Å². The van der Waals surface area contributed by atoms with Crippen LogP contribution >= 0.6 is 0 Å². The largest absolute Gasteiger partial charge is 0.339 e. The highest BCUT2D eigenvalue weighted by molar-refractivity contribution is 6.20. The normalized spacial score (nSPS) is 21.3. The predicted octanol–water partition coefficient (Wildman–Crippen LogP) is 2.10. The summed E-state index contributed by atoms with van der Waals surface area (Å²) in [6, 6.07) is 10.9. The molecule has 2 aliphatic heterocycles. The van der Waals surface area contributed by atoms with Crippen LogP contribution in [0.1, 0.15) is 38.7 Å². The molecule has 3 amide bonds. The molecule has 1 fully saturated rings. The lowest BCUT2D eigenvalue weighted by atomic mass is 9.94. The highest BCUT2D eigenvalue weighted by atomic mass is 19.1. The molecule has 0 spiro atoms. The van der Waals surface area contributed by atoms with Gasteiger partial charge in [0.15, 0.2) is 0 Å². The molecule has 0 radical (unpaired) electrons. The fraction of sp³-hybridized carbons (Fsp3) is 0.200. The Bertz CT molecular complexity index is 986.